The first-order chi connectivity index (χ1) is 9.47. The van der Waals surface area contributed by atoms with E-state index in [4.69, 9.17) is 4.74 Å². The number of rotatable bonds is 4. The summed E-state index contributed by atoms with van der Waals surface area (Å²) in [7, 11) is 0. The average molecular weight is 286 g/mol. The SMILES string of the molecule is CC(C)[C@@H]1CCN(CC2CN(C(C)C)CCO2)C[C@@H]1F. The summed E-state index contributed by atoms with van der Waals surface area (Å²) in [5.41, 5.74) is 0. The van der Waals surface area contributed by atoms with E-state index in [0.29, 0.717) is 18.5 Å². The van der Waals surface area contributed by atoms with Gasteiger partial charge >= 0.3 is 0 Å². The molecule has 2 saturated heterocycles. The molecule has 0 spiro atoms. The molecule has 3 atom stereocenters. The molecular weight excluding hydrogens is 255 g/mol. The highest BCUT2D eigenvalue weighted by Gasteiger charge is 2.33. The Hall–Kier alpha value is -0.190. The summed E-state index contributed by atoms with van der Waals surface area (Å²) in [5.74, 6) is 0.695. The predicted molar refractivity (Wildman–Crippen MR) is 80.7 cm³/mol. The molecule has 4 heteroatoms. The Kier molecular flexibility index (Phi) is 5.82. The zero-order chi connectivity index (χ0) is 14.7. The highest BCUT2D eigenvalue weighted by atomic mass is 19.1. The fourth-order valence-corrected chi connectivity index (χ4v) is 3.51. The standard InChI is InChI=1S/C16H31FN2O/c1-12(2)15-5-6-18(11-16(15)17)9-14-10-19(13(3)4)7-8-20-14/h12-16H,5-11H2,1-4H3/t14?,15-,16-/m0/s1. The topological polar surface area (TPSA) is 15.7 Å². The van der Waals surface area contributed by atoms with Crippen molar-refractivity contribution in [2.24, 2.45) is 11.8 Å². The van der Waals surface area contributed by atoms with Crippen molar-refractivity contribution in [3.8, 4) is 0 Å². The molecule has 0 aromatic heterocycles. The first kappa shape index (κ1) is 16.2. The lowest BCUT2D eigenvalue weighted by Gasteiger charge is -2.41. The Morgan fingerprint density at radius 3 is 2.50 bits per heavy atom. The van der Waals surface area contributed by atoms with Crippen LogP contribution in [0.2, 0.25) is 0 Å². The largest absolute Gasteiger partial charge is 0.374 e. The third-order valence-electron chi connectivity index (χ3n) is 4.89. The molecule has 2 aliphatic rings. The van der Waals surface area contributed by atoms with E-state index in [1.54, 1.807) is 0 Å². The van der Waals surface area contributed by atoms with Gasteiger partial charge in [0.15, 0.2) is 0 Å². The molecule has 0 saturated carbocycles. The molecule has 1 unspecified atom stereocenters. The summed E-state index contributed by atoms with van der Waals surface area (Å²) in [4.78, 5) is 4.72. The average Bonchev–Trinajstić information content (AvgIpc) is 2.38. The Bertz CT molecular complexity index is 298. The molecule has 0 bridgehead atoms. The van der Waals surface area contributed by atoms with Crippen molar-refractivity contribution in [3.63, 3.8) is 0 Å². The van der Waals surface area contributed by atoms with Crippen molar-refractivity contribution >= 4 is 0 Å². The predicted octanol–water partition coefficient (Wildman–Crippen LogP) is 2.41. The third kappa shape index (κ3) is 4.15. The van der Waals surface area contributed by atoms with Crippen molar-refractivity contribution in [1.82, 2.24) is 9.80 Å². The fourth-order valence-electron chi connectivity index (χ4n) is 3.51. The molecule has 3 nitrogen and oxygen atoms in total. The Balaban J connectivity index is 1.79. The third-order valence-corrected chi connectivity index (χ3v) is 4.89. The van der Waals surface area contributed by atoms with Crippen LogP contribution in [0.5, 0.6) is 0 Å². The summed E-state index contributed by atoms with van der Waals surface area (Å²) in [6.07, 6.45) is 0.557. The van der Waals surface area contributed by atoms with Gasteiger partial charge in [0, 0.05) is 32.2 Å². The summed E-state index contributed by atoms with van der Waals surface area (Å²) in [6.45, 7) is 14.0. The maximum Gasteiger partial charge on any atom is 0.116 e. The van der Waals surface area contributed by atoms with Crippen molar-refractivity contribution in [2.75, 3.05) is 39.3 Å². The lowest BCUT2D eigenvalue weighted by Crippen LogP contribution is -2.52. The minimum atomic E-state index is -0.673. The normalized spacial score (nSPS) is 34.0. The number of morpholine rings is 1. The van der Waals surface area contributed by atoms with Gasteiger partial charge in [-0.3, -0.25) is 9.80 Å². The molecule has 0 aliphatic carbocycles. The summed E-state index contributed by atoms with van der Waals surface area (Å²) in [5, 5.41) is 0. The number of nitrogens with zero attached hydrogens (tertiary/aromatic N) is 2. The van der Waals surface area contributed by atoms with Gasteiger partial charge in [-0.1, -0.05) is 13.8 Å². The van der Waals surface area contributed by atoms with E-state index in [9.17, 15) is 4.39 Å². The summed E-state index contributed by atoms with van der Waals surface area (Å²) in [6, 6.07) is 0.571. The Morgan fingerprint density at radius 1 is 1.15 bits per heavy atom. The van der Waals surface area contributed by atoms with Gasteiger partial charge in [-0.15, -0.1) is 0 Å². The van der Waals surface area contributed by atoms with Crippen molar-refractivity contribution < 1.29 is 9.13 Å². The molecule has 0 aromatic carbocycles. The quantitative estimate of drug-likeness (QED) is 0.789. The number of ether oxygens (including phenoxy) is 1. The Labute approximate surface area is 123 Å². The smallest absolute Gasteiger partial charge is 0.116 e. The van der Waals surface area contributed by atoms with E-state index in [2.05, 4.69) is 37.5 Å². The van der Waals surface area contributed by atoms with Gasteiger partial charge in [0.05, 0.1) is 12.7 Å². The highest BCUT2D eigenvalue weighted by Crippen LogP contribution is 2.27. The highest BCUT2D eigenvalue weighted by molar-refractivity contribution is 4.85. The van der Waals surface area contributed by atoms with Gasteiger partial charge in [-0.2, -0.15) is 0 Å². The van der Waals surface area contributed by atoms with E-state index in [0.717, 1.165) is 39.2 Å². The van der Waals surface area contributed by atoms with Gasteiger partial charge in [-0.05, 0) is 38.6 Å². The van der Waals surface area contributed by atoms with Crippen LogP contribution in [0.1, 0.15) is 34.1 Å². The van der Waals surface area contributed by atoms with Gasteiger partial charge in [0.25, 0.3) is 0 Å². The van der Waals surface area contributed by atoms with Crippen LogP contribution in [0, 0.1) is 11.8 Å². The van der Waals surface area contributed by atoms with Crippen LogP contribution < -0.4 is 0 Å². The minimum absolute atomic E-state index is 0.241. The van der Waals surface area contributed by atoms with Crippen LogP contribution in [0.15, 0.2) is 0 Å². The van der Waals surface area contributed by atoms with Crippen LogP contribution in [-0.4, -0.2) is 67.4 Å². The van der Waals surface area contributed by atoms with Crippen LogP contribution in [-0.2, 0) is 4.74 Å². The molecule has 2 heterocycles. The van der Waals surface area contributed by atoms with Crippen molar-refractivity contribution in [2.45, 2.75) is 52.4 Å². The molecule has 0 aromatic rings. The zero-order valence-corrected chi connectivity index (χ0v) is 13.5. The lowest BCUT2D eigenvalue weighted by molar-refractivity contribution is -0.0614. The second-order valence-electron chi connectivity index (χ2n) is 7.05. The number of hydrogen-bond donors (Lipinski definition) is 0. The van der Waals surface area contributed by atoms with Crippen LogP contribution in [0.25, 0.3) is 0 Å². The first-order valence-electron chi connectivity index (χ1n) is 8.19. The molecule has 0 N–H and O–H groups in total. The second kappa shape index (κ2) is 7.19. The summed E-state index contributed by atoms with van der Waals surface area (Å²) >= 11 is 0. The molecule has 0 amide bonds. The molecular formula is C16H31FN2O. The first-order valence-corrected chi connectivity index (χ1v) is 8.19. The number of likely N-dealkylation sites (tertiary alicyclic amines) is 1. The lowest BCUT2D eigenvalue weighted by atomic mass is 9.85. The van der Waals surface area contributed by atoms with Crippen LogP contribution in [0.3, 0.4) is 0 Å². The van der Waals surface area contributed by atoms with Crippen LogP contribution in [0.4, 0.5) is 4.39 Å². The number of hydrogen-bond acceptors (Lipinski definition) is 3. The molecule has 118 valence electrons. The van der Waals surface area contributed by atoms with Gasteiger partial charge in [0.2, 0.25) is 0 Å². The minimum Gasteiger partial charge on any atom is -0.374 e. The molecule has 2 rings (SSSR count). The number of halogens is 1. The zero-order valence-electron chi connectivity index (χ0n) is 13.5. The second-order valence-corrected chi connectivity index (χ2v) is 7.05. The molecule has 0 radical (unpaired) electrons. The van der Waals surface area contributed by atoms with E-state index in [1.807, 2.05) is 0 Å². The van der Waals surface area contributed by atoms with E-state index >= 15 is 0 Å². The van der Waals surface area contributed by atoms with Crippen molar-refractivity contribution in [3.05, 3.63) is 0 Å². The molecule has 2 aliphatic heterocycles. The van der Waals surface area contributed by atoms with Gasteiger partial charge < -0.3 is 4.74 Å². The van der Waals surface area contributed by atoms with E-state index in [-0.39, 0.29) is 12.0 Å². The Morgan fingerprint density at radius 2 is 1.90 bits per heavy atom. The maximum absolute atomic E-state index is 14.2. The molecule has 20 heavy (non-hydrogen) atoms. The van der Waals surface area contributed by atoms with Gasteiger partial charge in [0.1, 0.15) is 6.17 Å². The molecule has 2 fully saturated rings. The van der Waals surface area contributed by atoms with Gasteiger partial charge in [-0.25, -0.2) is 4.39 Å². The van der Waals surface area contributed by atoms with Crippen molar-refractivity contribution in [1.29, 1.82) is 0 Å². The van der Waals surface area contributed by atoms with E-state index in [1.165, 1.54) is 0 Å². The fraction of sp³-hybridized carbons (Fsp3) is 1.00. The number of piperidine rings is 1. The summed E-state index contributed by atoms with van der Waals surface area (Å²) < 4.78 is 20.1. The monoisotopic (exact) mass is 286 g/mol. The maximum atomic E-state index is 14.2. The van der Waals surface area contributed by atoms with Crippen LogP contribution >= 0.6 is 0 Å². The number of alkyl halides is 1. The van der Waals surface area contributed by atoms with E-state index < -0.39 is 6.17 Å².